The third kappa shape index (κ3) is 2.73. The first-order valence-electron chi connectivity index (χ1n) is 9.77. The Morgan fingerprint density at radius 1 is 1.30 bits per heavy atom. The van der Waals surface area contributed by atoms with Gasteiger partial charge in [0.1, 0.15) is 5.56 Å². The number of hydrogen-bond donors (Lipinski definition) is 2. The summed E-state index contributed by atoms with van der Waals surface area (Å²) in [6, 6.07) is 5.63. The maximum Gasteiger partial charge on any atom is 0.341 e. The van der Waals surface area contributed by atoms with Crippen molar-refractivity contribution in [2.24, 2.45) is 5.41 Å². The number of benzene rings is 1. The summed E-state index contributed by atoms with van der Waals surface area (Å²) >= 11 is 1.54. The average Bonchev–Trinajstić information content (AvgIpc) is 3.37. The van der Waals surface area contributed by atoms with Crippen LogP contribution in [-0.4, -0.2) is 25.6 Å². The monoisotopic (exact) mass is 419 g/mol. The lowest BCUT2D eigenvalue weighted by Gasteiger charge is -2.39. The van der Waals surface area contributed by atoms with Crippen molar-refractivity contribution in [1.29, 1.82) is 0 Å². The zero-order chi connectivity index (χ0) is 21.2. The van der Waals surface area contributed by atoms with Crippen molar-refractivity contribution >= 4 is 28.2 Å². The predicted octanol–water partition coefficient (Wildman–Crippen LogP) is 4.96. The van der Waals surface area contributed by atoms with Gasteiger partial charge in [-0.25, -0.2) is 9.78 Å². The minimum Gasteiger partial charge on any atom is -0.477 e. The zero-order valence-corrected chi connectivity index (χ0v) is 17.7. The summed E-state index contributed by atoms with van der Waals surface area (Å²) in [6.07, 6.45) is 4.19. The molecule has 0 radical (unpaired) electrons. The second-order valence-electron chi connectivity index (χ2n) is 8.83. The number of H-pyrrole nitrogens is 1. The average molecular weight is 420 g/mol. The molecule has 1 atom stereocenters. The topological polar surface area (TPSA) is 88.0 Å². The van der Waals surface area contributed by atoms with E-state index in [1.54, 1.807) is 5.51 Å². The fraction of sp³-hybridized carbons (Fsp3) is 0.261. The molecule has 3 aromatic heterocycles. The minimum atomic E-state index is -1.20. The molecule has 0 amide bonds. The maximum absolute atomic E-state index is 12.6. The molecule has 0 saturated carbocycles. The van der Waals surface area contributed by atoms with E-state index in [-0.39, 0.29) is 17.0 Å². The molecular weight excluding hydrogens is 398 g/mol. The van der Waals surface area contributed by atoms with Gasteiger partial charge in [0.15, 0.2) is 5.43 Å². The second kappa shape index (κ2) is 6.40. The molecule has 0 spiro atoms. The summed E-state index contributed by atoms with van der Waals surface area (Å²) in [6.45, 7) is 6.42. The smallest absolute Gasteiger partial charge is 0.341 e. The van der Waals surface area contributed by atoms with Gasteiger partial charge in [-0.1, -0.05) is 20.8 Å². The maximum atomic E-state index is 12.6. The second-order valence-corrected chi connectivity index (χ2v) is 9.54. The van der Waals surface area contributed by atoms with Crippen molar-refractivity contribution in [3.05, 3.63) is 62.8 Å². The highest BCUT2D eigenvalue weighted by atomic mass is 32.1. The van der Waals surface area contributed by atoms with E-state index in [9.17, 15) is 14.7 Å². The van der Waals surface area contributed by atoms with Gasteiger partial charge < -0.3 is 14.7 Å². The van der Waals surface area contributed by atoms with Crippen LogP contribution < -0.4 is 5.43 Å². The standard InChI is InChI=1S/C23H21N3O3S/c1-23(2,3)20-7-15-14(18-8-19(27)16(22(28)29)9-26(18)20)6-13(17-10-30-11-25-17)12-4-5-24-21(12)15/h4-6,8-11,20,24H,7H2,1-3H3,(H,28,29)/t20-/m0/s1. The van der Waals surface area contributed by atoms with E-state index in [1.807, 2.05) is 16.1 Å². The molecule has 7 heteroatoms. The minimum absolute atomic E-state index is 0.00956. The molecule has 1 aromatic carbocycles. The number of carboxylic acids is 1. The van der Waals surface area contributed by atoms with Gasteiger partial charge in [0.2, 0.25) is 0 Å². The number of rotatable bonds is 2. The van der Waals surface area contributed by atoms with E-state index in [4.69, 9.17) is 0 Å². The first-order valence-corrected chi connectivity index (χ1v) is 10.7. The van der Waals surface area contributed by atoms with Crippen LogP contribution in [0.2, 0.25) is 0 Å². The van der Waals surface area contributed by atoms with Crippen LogP contribution in [0.1, 0.15) is 42.7 Å². The SMILES string of the molecule is CC(C)(C)[C@@H]1Cc2c(cc(-c3cscn3)c3cc[nH]c23)-c2cc(=O)c(C(=O)O)cn21. The molecule has 5 rings (SSSR count). The van der Waals surface area contributed by atoms with Crippen LogP contribution in [0.5, 0.6) is 0 Å². The fourth-order valence-corrected chi connectivity index (χ4v) is 5.04. The molecule has 0 unspecified atom stereocenters. The number of aromatic nitrogens is 3. The van der Waals surface area contributed by atoms with Crippen LogP contribution in [0.25, 0.3) is 33.4 Å². The highest BCUT2D eigenvalue weighted by Crippen LogP contribution is 2.46. The highest BCUT2D eigenvalue weighted by molar-refractivity contribution is 7.07. The number of aromatic amines is 1. The molecule has 2 N–H and O–H groups in total. The summed E-state index contributed by atoms with van der Waals surface area (Å²) in [7, 11) is 0. The molecule has 0 bridgehead atoms. The largest absolute Gasteiger partial charge is 0.477 e. The van der Waals surface area contributed by atoms with Gasteiger partial charge in [0.05, 0.1) is 22.4 Å². The number of nitrogens with one attached hydrogen (secondary N) is 1. The highest BCUT2D eigenvalue weighted by Gasteiger charge is 2.35. The van der Waals surface area contributed by atoms with Gasteiger partial charge in [-0.15, -0.1) is 11.3 Å². The van der Waals surface area contributed by atoms with E-state index < -0.39 is 11.4 Å². The summed E-state index contributed by atoms with van der Waals surface area (Å²) in [5.74, 6) is -1.20. The van der Waals surface area contributed by atoms with Crippen molar-refractivity contribution in [3.8, 4) is 22.5 Å². The molecule has 0 saturated heterocycles. The summed E-state index contributed by atoms with van der Waals surface area (Å²) in [4.78, 5) is 32.1. The molecule has 4 heterocycles. The van der Waals surface area contributed by atoms with E-state index in [1.165, 1.54) is 23.6 Å². The van der Waals surface area contributed by atoms with Crippen LogP contribution in [0, 0.1) is 5.41 Å². The van der Waals surface area contributed by atoms with Crippen LogP contribution in [0.15, 0.2) is 46.3 Å². The zero-order valence-electron chi connectivity index (χ0n) is 16.9. The Balaban J connectivity index is 1.88. The first-order chi connectivity index (χ1) is 14.3. The molecule has 0 fully saturated rings. The Morgan fingerprint density at radius 3 is 2.77 bits per heavy atom. The van der Waals surface area contributed by atoms with Crippen LogP contribution in [0.4, 0.5) is 0 Å². The number of pyridine rings is 1. The lowest BCUT2D eigenvalue weighted by atomic mass is 9.78. The number of carboxylic acid groups (broad SMARTS) is 1. The Morgan fingerprint density at radius 2 is 2.10 bits per heavy atom. The van der Waals surface area contributed by atoms with Crippen LogP contribution in [-0.2, 0) is 6.42 Å². The van der Waals surface area contributed by atoms with Crippen molar-refractivity contribution in [1.82, 2.24) is 14.5 Å². The molecule has 1 aliphatic rings. The van der Waals surface area contributed by atoms with Gasteiger partial charge in [-0.2, -0.15) is 0 Å². The molecule has 30 heavy (non-hydrogen) atoms. The first kappa shape index (κ1) is 18.8. The van der Waals surface area contributed by atoms with Gasteiger partial charge >= 0.3 is 5.97 Å². The predicted molar refractivity (Wildman–Crippen MR) is 118 cm³/mol. The summed E-state index contributed by atoms with van der Waals surface area (Å²) < 4.78 is 1.98. The number of aromatic carboxylic acids is 1. The van der Waals surface area contributed by atoms with Gasteiger partial charge in [-0.3, -0.25) is 4.79 Å². The number of carbonyl (C=O) groups is 1. The Labute approximate surface area is 176 Å². The third-order valence-electron chi connectivity index (χ3n) is 5.98. The molecule has 1 aliphatic heterocycles. The quantitative estimate of drug-likeness (QED) is 0.481. The third-order valence-corrected chi connectivity index (χ3v) is 6.57. The van der Waals surface area contributed by atoms with Gasteiger partial charge in [0.25, 0.3) is 0 Å². The van der Waals surface area contributed by atoms with E-state index >= 15 is 0 Å². The van der Waals surface area contributed by atoms with E-state index in [2.05, 4.69) is 42.9 Å². The lowest BCUT2D eigenvalue weighted by Crippen LogP contribution is -2.33. The van der Waals surface area contributed by atoms with Crippen molar-refractivity contribution in [2.75, 3.05) is 0 Å². The molecule has 6 nitrogen and oxygen atoms in total. The molecule has 0 aliphatic carbocycles. The van der Waals surface area contributed by atoms with Crippen molar-refractivity contribution in [2.45, 2.75) is 33.2 Å². The van der Waals surface area contributed by atoms with Gasteiger partial charge in [-0.05, 0) is 29.5 Å². The number of hydrogen-bond acceptors (Lipinski definition) is 4. The molecule has 4 aromatic rings. The summed E-state index contributed by atoms with van der Waals surface area (Å²) in [5.41, 5.74) is 6.78. The van der Waals surface area contributed by atoms with Gasteiger partial charge in [0, 0.05) is 46.4 Å². The molecular formula is C23H21N3O3S. The van der Waals surface area contributed by atoms with E-state index in [0.717, 1.165) is 45.4 Å². The fourth-order valence-electron chi connectivity index (χ4n) is 4.48. The number of fused-ring (bicyclic) bond motifs is 5. The van der Waals surface area contributed by atoms with Crippen LogP contribution >= 0.6 is 11.3 Å². The Hall–Kier alpha value is -3.19. The summed E-state index contributed by atoms with van der Waals surface area (Å²) in [5, 5.41) is 12.6. The Kier molecular flexibility index (Phi) is 4.02. The number of nitrogens with zero attached hydrogens (tertiary/aromatic N) is 2. The van der Waals surface area contributed by atoms with Crippen LogP contribution in [0.3, 0.4) is 0 Å². The lowest BCUT2D eigenvalue weighted by molar-refractivity contribution is 0.0693. The number of thiazole rings is 1. The normalized spacial score (nSPS) is 15.8. The molecule has 152 valence electrons. The van der Waals surface area contributed by atoms with E-state index in [0.29, 0.717) is 0 Å². The Bertz CT molecular complexity index is 1360. The van der Waals surface area contributed by atoms with Crippen molar-refractivity contribution < 1.29 is 9.90 Å². The van der Waals surface area contributed by atoms with Crippen molar-refractivity contribution in [3.63, 3.8) is 0 Å².